The van der Waals surface area contributed by atoms with E-state index in [1.54, 1.807) is 12.1 Å². The molecule has 3 N–H and O–H groups in total. The highest BCUT2D eigenvalue weighted by Crippen LogP contribution is 2.19. The molecule has 2 aromatic rings. The molecule has 1 heterocycles. The molecule has 0 aliphatic carbocycles. The number of ether oxygens (including phenoxy) is 1. The predicted molar refractivity (Wildman–Crippen MR) is 67.3 cm³/mol. The molecule has 0 unspecified atom stereocenters. The van der Waals surface area contributed by atoms with E-state index in [2.05, 4.69) is 20.1 Å². The van der Waals surface area contributed by atoms with Crippen molar-refractivity contribution in [1.82, 2.24) is 14.8 Å². The maximum absolute atomic E-state index is 11.5. The van der Waals surface area contributed by atoms with Gasteiger partial charge in [0.2, 0.25) is 11.0 Å². The molecule has 18 heavy (non-hydrogen) atoms. The minimum atomic E-state index is -0.206. The first-order valence-corrected chi connectivity index (χ1v) is 5.95. The zero-order chi connectivity index (χ0) is 12.8. The van der Waals surface area contributed by atoms with E-state index in [4.69, 9.17) is 10.5 Å². The molecule has 7 nitrogen and oxygen atoms in total. The maximum Gasteiger partial charge on any atom is 0.231 e. The molecule has 1 amide bonds. The van der Waals surface area contributed by atoms with Gasteiger partial charge in [0.1, 0.15) is 5.75 Å². The van der Waals surface area contributed by atoms with E-state index in [0.717, 1.165) is 11.5 Å². The highest BCUT2D eigenvalue weighted by atomic mass is 32.1. The van der Waals surface area contributed by atoms with Gasteiger partial charge in [-0.1, -0.05) is 21.7 Å². The molecule has 0 aliphatic heterocycles. The van der Waals surface area contributed by atoms with Gasteiger partial charge in [-0.15, -0.1) is 0 Å². The van der Waals surface area contributed by atoms with Crippen molar-refractivity contribution in [1.29, 1.82) is 0 Å². The Morgan fingerprint density at radius 2 is 2.28 bits per heavy atom. The minimum absolute atomic E-state index is 0.202. The highest BCUT2D eigenvalue weighted by Gasteiger charge is 2.06. The van der Waals surface area contributed by atoms with Gasteiger partial charge in [-0.3, -0.25) is 10.1 Å². The minimum Gasteiger partial charge on any atom is -0.491 e. The Hall–Kier alpha value is -2.22. The van der Waals surface area contributed by atoms with Crippen LogP contribution in [0.25, 0.3) is 0 Å². The Morgan fingerprint density at radius 3 is 3.00 bits per heavy atom. The lowest BCUT2D eigenvalue weighted by atomic mass is 10.3. The van der Waals surface area contributed by atoms with Crippen molar-refractivity contribution in [2.75, 3.05) is 17.7 Å². The standard InChI is InChI=1S/C10H11N5O2S/c11-7-3-1-2-4-8(7)17-6-5-9(16)12-10-13-14-15-18-10/h1-4H,5-6,11H2,(H,12,13,15,16). The van der Waals surface area contributed by atoms with E-state index in [-0.39, 0.29) is 18.9 Å². The van der Waals surface area contributed by atoms with Crippen molar-refractivity contribution in [3.05, 3.63) is 24.3 Å². The van der Waals surface area contributed by atoms with Crippen LogP contribution in [0.2, 0.25) is 0 Å². The summed E-state index contributed by atoms with van der Waals surface area (Å²) in [5, 5.41) is 9.90. The monoisotopic (exact) mass is 265 g/mol. The molecule has 0 fully saturated rings. The van der Waals surface area contributed by atoms with Gasteiger partial charge in [-0.25, -0.2) is 0 Å². The Morgan fingerprint density at radius 1 is 1.44 bits per heavy atom. The number of anilines is 2. The van der Waals surface area contributed by atoms with Crippen LogP contribution in [0.5, 0.6) is 5.75 Å². The second kappa shape index (κ2) is 5.92. The van der Waals surface area contributed by atoms with Crippen LogP contribution in [0.15, 0.2) is 24.3 Å². The maximum atomic E-state index is 11.5. The first-order chi connectivity index (χ1) is 8.75. The van der Waals surface area contributed by atoms with Crippen LogP contribution in [0.1, 0.15) is 6.42 Å². The number of hydrogen-bond acceptors (Lipinski definition) is 7. The normalized spacial score (nSPS) is 10.0. The molecule has 0 atom stereocenters. The molecule has 0 spiro atoms. The molecule has 0 saturated carbocycles. The van der Waals surface area contributed by atoms with Crippen molar-refractivity contribution in [2.45, 2.75) is 6.42 Å². The summed E-state index contributed by atoms with van der Waals surface area (Å²) in [5.41, 5.74) is 6.24. The number of para-hydroxylation sites is 2. The van der Waals surface area contributed by atoms with Crippen LogP contribution < -0.4 is 15.8 Å². The lowest BCUT2D eigenvalue weighted by Crippen LogP contribution is -2.15. The number of nitrogens with two attached hydrogens (primary N) is 1. The molecule has 0 aliphatic rings. The van der Waals surface area contributed by atoms with Crippen LogP contribution in [-0.4, -0.2) is 27.3 Å². The largest absolute Gasteiger partial charge is 0.491 e. The molecule has 2 rings (SSSR count). The first kappa shape index (κ1) is 12.2. The second-order valence-electron chi connectivity index (χ2n) is 3.35. The molecule has 8 heteroatoms. The number of carbonyl (C=O) groups excluding carboxylic acids is 1. The molecular weight excluding hydrogens is 254 g/mol. The van der Waals surface area contributed by atoms with E-state index in [0.29, 0.717) is 16.6 Å². The van der Waals surface area contributed by atoms with E-state index in [1.807, 2.05) is 12.1 Å². The molecule has 1 aromatic carbocycles. The number of aromatic nitrogens is 3. The summed E-state index contributed by atoms with van der Waals surface area (Å²) in [6, 6.07) is 7.13. The summed E-state index contributed by atoms with van der Waals surface area (Å²) < 4.78 is 8.93. The summed E-state index contributed by atoms with van der Waals surface area (Å²) in [6.45, 7) is 0.242. The third-order valence-corrected chi connectivity index (χ3v) is 2.56. The SMILES string of the molecule is Nc1ccccc1OCCC(=O)Nc1nnns1. The molecular formula is C10H11N5O2S. The zero-order valence-corrected chi connectivity index (χ0v) is 10.2. The van der Waals surface area contributed by atoms with Crippen LogP contribution in [0.4, 0.5) is 10.8 Å². The number of nitrogens with one attached hydrogen (secondary N) is 1. The third kappa shape index (κ3) is 3.39. The van der Waals surface area contributed by atoms with Gasteiger partial charge in [0.05, 0.1) is 18.7 Å². The molecule has 94 valence electrons. The fourth-order valence-electron chi connectivity index (χ4n) is 1.23. The quantitative estimate of drug-likeness (QED) is 0.779. The van der Waals surface area contributed by atoms with Crippen molar-refractivity contribution >= 4 is 28.3 Å². The lowest BCUT2D eigenvalue weighted by Gasteiger charge is -2.07. The Bertz CT molecular complexity index is 517. The van der Waals surface area contributed by atoms with Crippen molar-refractivity contribution in [3.63, 3.8) is 0 Å². The third-order valence-electron chi connectivity index (χ3n) is 2.05. The van der Waals surface area contributed by atoms with E-state index in [1.165, 1.54) is 0 Å². The Labute approximate surface area is 107 Å². The summed E-state index contributed by atoms with van der Waals surface area (Å²) >= 11 is 1.02. The number of hydrogen-bond donors (Lipinski definition) is 2. The molecule has 1 aromatic heterocycles. The average Bonchev–Trinajstić information content (AvgIpc) is 2.84. The summed E-state index contributed by atoms with van der Waals surface area (Å²) in [6.07, 6.45) is 0.202. The molecule has 0 radical (unpaired) electrons. The van der Waals surface area contributed by atoms with Gasteiger partial charge in [0.25, 0.3) is 0 Å². The smallest absolute Gasteiger partial charge is 0.231 e. The van der Waals surface area contributed by atoms with Gasteiger partial charge < -0.3 is 10.5 Å². The highest BCUT2D eigenvalue weighted by molar-refractivity contribution is 7.09. The number of carbonyl (C=O) groups is 1. The second-order valence-corrected chi connectivity index (χ2v) is 4.08. The fraction of sp³-hybridized carbons (Fsp3) is 0.200. The van der Waals surface area contributed by atoms with Crippen molar-refractivity contribution in [3.8, 4) is 5.75 Å². The number of nitrogens with zero attached hydrogens (tertiary/aromatic N) is 3. The first-order valence-electron chi connectivity index (χ1n) is 5.18. The average molecular weight is 265 g/mol. The van der Waals surface area contributed by atoms with E-state index in [9.17, 15) is 4.79 Å². The number of amides is 1. The fourth-order valence-corrected chi connectivity index (χ4v) is 1.61. The number of benzene rings is 1. The van der Waals surface area contributed by atoms with Crippen LogP contribution in [0.3, 0.4) is 0 Å². The predicted octanol–water partition coefficient (Wildman–Crippen LogP) is 0.923. The van der Waals surface area contributed by atoms with Crippen LogP contribution >= 0.6 is 11.5 Å². The van der Waals surface area contributed by atoms with Gasteiger partial charge in [0, 0.05) is 11.5 Å². The van der Waals surface area contributed by atoms with Gasteiger partial charge in [0.15, 0.2) is 0 Å². The summed E-state index contributed by atoms with van der Waals surface area (Å²) in [4.78, 5) is 11.5. The summed E-state index contributed by atoms with van der Waals surface area (Å²) in [7, 11) is 0. The zero-order valence-electron chi connectivity index (χ0n) is 9.37. The number of rotatable bonds is 5. The van der Waals surface area contributed by atoms with Gasteiger partial charge in [-0.2, -0.15) is 0 Å². The topological polar surface area (TPSA) is 103 Å². The van der Waals surface area contributed by atoms with Crippen molar-refractivity contribution in [2.24, 2.45) is 0 Å². The van der Waals surface area contributed by atoms with Gasteiger partial charge >= 0.3 is 0 Å². The van der Waals surface area contributed by atoms with E-state index >= 15 is 0 Å². The number of nitrogen functional groups attached to an aromatic ring is 1. The molecule has 0 bridgehead atoms. The lowest BCUT2D eigenvalue weighted by molar-refractivity contribution is -0.116. The van der Waals surface area contributed by atoms with E-state index < -0.39 is 0 Å². The van der Waals surface area contributed by atoms with Crippen LogP contribution in [0, 0.1) is 0 Å². The summed E-state index contributed by atoms with van der Waals surface area (Å²) in [5.74, 6) is 0.367. The Kier molecular flexibility index (Phi) is 4.02. The van der Waals surface area contributed by atoms with Gasteiger partial charge in [-0.05, 0) is 17.3 Å². The molecule has 0 saturated heterocycles. The van der Waals surface area contributed by atoms with Crippen molar-refractivity contribution < 1.29 is 9.53 Å². The van der Waals surface area contributed by atoms with Crippen LogP contribution in [-0.2, 0) is 4.79 Å². The Balaban J connectivity index is 1.75.